The Balaban J connectivity index is 1.51. The van der Waals surface area contributed by atoms with Gasteiger partial charge in [-0.25, -0.2) is 4.98 Å². The third kappa shape index (κ3) is 2.99. The van der Waals surface area contributed by atoms with Crippen molar-refractivity contribution < 1.29 is 9.47 Å². The van der Waals surface area contributed by atoms with Crippen LogP contribution in [0.4, 0.5) is 0 Å². The number of rotatable bonds is 4. The van der Waals surface area contributed by atoms with E-state index < -0.39 is 0 Å². The number of thiazole rings is 1. The summed E-state index contributed by atoms with van der Waals surface area (Å²) >= 11 is 1.68. The molecule has 1 spiro atoms. The SMILES string of the molecule is Cc1nc(COC[C@@H]2CCC[C@]23CNCCO3)cs1. The van der Waals surface area contributed by atoms with Crippen LogP contribution < -0.4 is 5.32 Å². The average molecular weight is 282 g/mol. The predicted octanol–water partition coefficient (Wildman–Crippen LogP) is 2.13. The van der Waals surface area contributed by atoms with Crippen LogP contribution >= 0.6 is 11.3 Å². The van der Waals surface area contributed by atoms with E-state index in [4.69, 9.17) is 9.47 Å². The summed E-state index contributed by atoms with van der Waals surface area (Å²) in [5.41, 5.74) is 1.09. The van der Waals surface area contributed by atoms with Gasteiger partial charge in [0.1, 0.15) is 0 Å². The lowest BCUT2D eigenvalue weighted by molar-refractivity contribution is -0.108. The molecule has 1 saturated carbocycles. The first-order valence-corrected chi connectivity index (χ1v) is 8.00. The first kappa shape index (κ1) is 13.5. The van der Waals surface area contributed by atoms with Crippen molar-refractivity contribution in [2.75, 3.05) is 26.3 Å². The van der Waals surface area contributed by atoms with Crippen molar-refractivity contribution >= 4 is 11.3 Å². The summed E-state index contributed by atoms with van der Waals surface area (Å²) in [4.78, 5) is 4.43. The lowest BCUT2D eigenvalue weighted by Gasteiger charge is -2.39. The van der Waals surface area contributed by atoms with E-state index in [0.29, 0.717) is 12.5 Å². The Morgan fingerprint density at radius 2 is 2.58 bits per heavy atom. The minimum absolute atomic E-state index is 0.0379. The van der Waals surface area contributed by atoms with E-state index in [2.05, 4.69) is 15.7 Å². The smallest absolute Gasteiger partial charge is 0.0898 e. The summed E-state index contributed by atoms with van der Waals surface area (Å²) in [6, 6.07) is 0. The van der Waals surface area contributed by atoms with Crippen LogP contribution in [0, 0.1) is 12.8 Å². The van der Waals surface area contributed by atoms with Gasteiger partial charge < -0.3 is 14.8 Å². The minimum atomic E-state index is 0.0379. The second-order valence-electron chi connectivity index (χ2n) is 5.55. The van der Waals surface area contributed by atoms with Crippen LogP contribution in [0.25, 0.3) is 0 Å². The molecule has 0 unspecified atom stereocenters. The van der Waals surface area contributed by atoms with Crippen molar-refractivity contribution in [1.29, 1.82) is 0 Å². The molecule has 2 fully saturated rings. The summed E-state index contributed by atoms with van der Waals surface area (Å²) in [5.74, 6) is 0.528. The van der Waals surface area contributed by atoms with Crippen LogP contribution in [0.15, 0.2) is 5.38 Å². The monoisotopic (exact) mass is 282 g/mol. The van der Waals surface area contributed by atoms with Crippen LogP contribution in [-0.4, -0.2) is 36.9 Å². The Hall–Kier alpha value is -0.490. The molecule has 1 N–H and O–H groups in total. The van der Waals surface area contributed by atoms with Gasteiger partial charge in [0.25, 0.3) is 0 Å². The molecule has 2 aliphatic rings. The zero-order valence-corrected chi connectivity index (χ0v) is 12.3. The number of hydrogen-bond acceptors (Lipinski definition) is 5. The lowest BCUT2D eigenvalue weighted by atomic mass is 9.90. The molecule has 1 saturated heterocycles. The topological polar surface area (TPSA) is 43.4 Å². The van der Waals surface area contributed by atoms with Gasteiger partial charge in [-0.1, -0.05) is 6.42 Å². The van der Waals surface area contributed by atoms with Gasteiger partial charge in [-0.3, -0.25) is 0 Å². The summed E-state index contributed by atoms with van der Waals surface area (Å²) in [6.45, 7) is 6.25. The third-order valence-corrected chi connectivity index (χ3v) is 5.05. The molecule has 1 aromatic rings. The van der Waals surface area contributed by atoms with Gasteiger partial charge in [-0.15, -0.1) is 11.3 Å². The fourth-order valence-corrected chi connectivity index (χ4v) is 3.83. The number of aryl methyl sites for hydroxylation is 1. The predicted molar refractivity (Wildman–Crippen MR) is 75.4 cm³/mol. The van der Waals surface area contributed by atoms with Gasteiger partial charge in [0.15, 0.2) is 0 Å². The lowest BCUT2D eigenvalue weighted by Crippen LogP contribution is -2.52. The fourth-order valence-electron chi connectivity index (χ4n) is 3.23. The Bertz CT molecular complexity index is 415. The molecule has 1 aliphatic heterocycles. The maximum atomic E-state index is 6.09. The number of nitrogens with zero attached hydrogens (tertiary/aromatic N) is 1. The van der Waals surface area contributed by atoms with Crippen LogP contribution in [0.2, 0.25) is 0 Å². The molecule has 3 rings (SSSR count). The summed E-state index contributed by atoms with van der Waals surface area (Å²) < 4.78 is 12.0. The van der Waals surface area contributed by atoms with E-state index in [1.165, 1.54) is 19.3 Å². The van der Waals surface area contributed by atoms with Crippen molar-refractivity contribution in [2.45, 2.75) is 38.4 Å². The molecule has 2 atom stereocenters. The molecule has 5 heteroatoms. The Kier molecular flexibility index (Phi) is 4.17. The molecular weight excluding hydrogens is 260 g/mol. The van der Waals surface area contributed by atoms with Crippen molar-refractivity contribution in [1.82, 2.24) is 10.3 Å². The second-order valence-corrected chi connectivity index (χ2v) is 6.61. The molecule has 0 amide bonds. The van der Waals surface area contributed by atoms with Gasteiger partial charge in [0, 0.05) is 24.4 Å². The van der Waals surface area contributed by atoms with Gasteiger partial charge >= 0.3 is 0 Å². The highest BCUT2D eigenvalue weighted by Crippen LogP contribution is 2.39. The number of nitrogens with one attached hydrogen (secondary N) is 1. The van der Waals surface area contributed by atoms with E-state index in [9.17, 15) is 0 Å². The van der Waals surface area contributed by atoms with E-state index in [1.54, 1.807) is 11.3 Å². The average Bonchev–Trinajstić information content (AvgIpc) is 2.99. The van der Waals surface area contributed by atoms with E-state index in [1.807, 2.05) is 6.92 Å². The molecule has 0 bridgehead atoms. The first-order chi connectivity index (χ1) is 9.28. The van der Waals surface area contributed by atoms with E-state index >= 15 is 0 Å². The third-order valence-electron chi connectivity index (χ3n) is 4.22. The second kappa shape index (κ2) is 5.87. The minimum Gasteiger partial charge on any atom is -0.375 e. The van der Waals surface area contributed by atoms with Gasteiger partial charge in [-0.2, -0.15) is 0 Å². The highest BCUT2D eigenvalue weighted by atomic mass is 32.1. The van der Waals surface area contributed by atoms with Crippen molar-refractivity contribution in [2.24, 2.45) is 5.92 Å². The normalized spacial score (nSPS) is 31.1. The number of morpholine rings is 1. The van der Waals surface area contributed by atoms with Crippen LogP contribution in [0.5, 0.6) is 0 Å². The molecule has 19 heavy (non-hydrogen) atoms. The van der Waals surface area contributed by atoms with Crippen LogP contribution in [0.3, 0.4) is 0 Å². The van der Waals surface area contributed by atoms with Crippen molar-refractivity contribution in [3.63, 3.8) is 0 Å². The molecule has 1 aliphatic carbocycles. The van der Waals surface area contributed by atoms with E-state index in [0.717, 1.165) is 37.0 Å². The van der Waals surface area contributed by atoms with Crippen molar-refractivity contribution in [3.8, 4) is 0 Å². The standard InChI is InChI=1S/C14H22N2O2S/c1-11-16-13(9-19-11)8-17-7-12-3-2-4-14(12)10-15-5-6-18-14/h9,12,15H,2-8,10H2,1H3/t12-,14-/m0/s1. The quantitative estimate of drug-likeness (QED) is 0.919. The molecule has 106 valence electrons. The molecule has 1 aromatic heterocycles. The molecule has 0 aromatic carbocycles. The highest BCUT2D eigenvalue weighted by molar-refractivity contribution is 7.09. The Labute approximate surface area is 118 Å². The summed E-state index contributed by atoms with van der Waals surface area (Å²) in [5, 5.41) is 6.66. The molecular formula is C14H22N2O2S. The largest absolute Gasteiger partial charge is 0.375 e. The number of aromatic nitrogens is 1. The van der Waals surface area contributed by atoms with Gasteiger partial charge in [0.05, 0.1) is 36.1 Å². The van der Waals surface area contributed by atoms with Gasteiger partial charge in [0.2, 0.25) is 0 Å². The zero-order valence-electron chi connectivity index (χ0n) is 11.5. The Morgan fingerprint density at radius 1 is 1.63 bits per heavy atom. The summed E-state index contributed by atoms with van der Waals surface area (Å²) in [7, 11) is 0. The summed E-state index contributed by atoms with van der Waals surface area (Å²) in [6.07, 6.45) is 3.65. The molecule has 4 nitrogen and oxygen atoms in total. The number of ether oxygens (including phenoxy) is 2. The maximum Gasteiger partial charge on any atom is 0.0898 e. The first-order valence-electron chi connectivity index (χ1n) is 7.12. The Morgan fingerprint density at radius 3 is 3.32 bits per heavy atom. The number of hydrogen-bond donors (Lipinski definition) is 1. The van der Waals surface area contributed by atoms with Crippen LogP contribution in [-0.2, 0) is 16.1 Å². The van der Waals surface area contributed by atoms with E-state index in [-0.39, 0.29) is 5.60 Å². The van der Waals surface area contributed by atoms with Crippen molar-refractivity contribution in [3.05, 3.63) is 16.1 Å². The molecule has 0 radical (unpaired) electrons. The zero-order chi connectivity index (χ0) is 13.1. The highest BCUT2D eigenvalue weighted by Gasteiger charge is 2.44. The maximum absolute atomic E-state index is 6.09. The van der Waals surface area contributed by atoms with Crippen LogP contribution in [0.1, 0.15) is 30.0 Å². The fraction of sp³-hybridized carbons (Fsp3) is 0.786. The molecule has 2 heterocycles. The van der Waals surface area contributed by atoms with Gasteiger partial charge in [-0.05, 0) is 19.8 Å².